The van der Waals surface area contributed by atoms with Crippen LogP contribution in [0.15, 0.2) is 79.1 Å². The molecule has 0 bridgehead atoms. The minimum atomic E-state index is -0.400. The van der Waals surface area contributed by atoms with Crippen LogP contribution in [0.5, 0.6) is 11.5 Å². The van der Waals surface area contributed by atoms with Crippen molar-refractivity contribution in [1.29, 1.82) is 0 Å². The fourth-order valence-corrected chi connectivity index (χ4v) is 3.13. The highest BCUT2D eigenvalue weighted by Crippen LogP contribution is 2.19. The van der Waals surface area contributed by atoms with Crippen LogP contribution in [0.3, 0.4) is 0 Å². The lowest BCUT2D eigenvalue weighted by Gasteiger charge is -2.10. The van der Waals surface area contributed by atoms with E-state index in [0.717, 1.165) is 16.9 Å². The van der Waals surface area contributed by atoms with Gasteiger partial charge in [0.15, 0.2) is 6.61 Å². The van der Waals surface area contributed by atoms with E-state index in [0.29, 0.717) is 23.8 Å². The highest BCUT2D eigenvalue weighted by atomic mass is 16.5. The first-order valence-electron chi connectivity index (χ1n) is 10.0. The first kappa shape index (κ1) is 20.9. The van der Waals surface area contributed by atoms with Crippen molar-refractivity contribution in [2.45, 2.75) is 13.0 Å². The third kappa shape index (κ3) is 5.63. The van der Waals surface area contributed by atoms with Crippen molar-refractivity contribution in [3.8, 4) is 11.5 Å². The smallest absolute Gasteiger partial charge is 0.262 e. The quantitative estimate of drug-likeness (QED) is 0.424. The first-order chi connectivity index (χ1) is 15.5. The van der Waals surface area contributed by atoms with Gasteiger partial charge in [-0.2, -0.15) is 0 Å². The van der Waals surface area contributed by atoms with Crippen LogP contribution in [0.25, 0.3) is 5.65 Å². The third-order valence-electron chi connectivity index (χ3n) is 4.59. The van der Waals surface area contributed by atoms with Crippen molar-refractivity contribution in [2.24, 2.45) is 5.73 Å². The maximum Gasteiger partial charge on any atom is 0.262 e. The summed E-state index contributed by atoms with van der Waals surface area (Å²) in [4.78, 5) is 27.7. The fraction of sp³-hybridized carbons (Fsp3) is 0.125. The van der Waals surface area contributed by atoms with E-state index < -0.39 is 5.91 Å². The standard InChI is InChI=1S/C24H22N4O4/c25-22(29)12-17-7-9-20(10-8-17)32-16-24(30)27-18-4-3-5-21(13-18)31-15-19-14-28-11-2-1-6-23(28)26-19/h1-11,13-14H,12,15-16H2,(H2,25,29)(H,27,30). The number of hydrogen-bond acceptors (Lipinski definition) is 5. The summed E-state index contributed by atoms with van der Waals surface area (Å²) in [5.74, 6) is 0.440. The number of primary amides is 1. The van der Waals surface area contributed by atoms with Gasteiger partial charge in [-0.1, -0.05) is 24.3 Å². The van der Waals surface area contributed by atoms with Crippen molar-refractivity contribution in [3.63, 3.8) is 0 Å². The molecule has 0 saturated carbocycles. The van der Waals surface area contributed by atoms with E-state index in [1.54, 1.807) is 42.5 Å². The topological polar surface area (TPSA) is 108 Å². The molecule has 162 valence electrons. The molecule has 3 N–H and O–H groups in total. The number of pyridine rings is 1. The highest BCUT2D eigenvalue weighted by Gasteiger charge is 2.07. The van der Waals surface area contributed by atoms with Crippen LogP contribution in [-0.2, 0) is 22.6 Å². The molecule has 0 unspecified atom stereocenters. The summed E-state index contributed by atoms with van der Waals surface area (Å²) in [7, 11) is 0. The number of ether oxygens (including phenoxy) is 2. The summed E-state index contributed by atoms with van der Waals surface area (Å²) in [6, 6.07) is 19.8. The number of aromatic nitrogens is 2. The first-order valence-corrected chi connectivity index (χ1v) is 10.0. The maximum absolute atomic E-state index is 12.2. The molecule has 0 fully saturated rings. The Hall–Kier alpha value is -4.33. The zero-order chi connectivity index (χ0) is 22.3. The van der Waals surface area contributed by atoms with Crippen LogP contribution in [0.4, 0.5) is 5.69 Å². The number of nitrogens with zero attached hydrogens (tertiary/aromatic N) is 2. The monoisotopic (exact) mass is 430 g/mol. The van der Waals surface area contributed by atoms with Crippen LogP contribution in [0.1, 0.15) is 11.3 Å². The van der Waals surface area contributed by atoms with Crippen LogP contribution in [0.2, 0.25) is 0 Å². The molecular weight excluding hydrogens is 408 g/mol. The summed E-state index contributed by atoms with van der Waals surface area (Å²) in [6.45, 7) is 0.162. The number of anilines is 1. The zero-order valence-electron chi connectivity index (χ0n) is 17.2. The number of carbonyl (C=O) groups excluding carboxylic acids is 2. The molecule has 8 nitrogen and oxygen atoms in total. The van der Waals surface area contributed by atoms with Crippen molar-refractivity contribution >= 4 is 23.1 Å². The minimum Gasteiger partial charge on any atom is -0.487 e. The molecule has 8 heteroatoms. The van der Waals surface area contributed by atoms with Crippen molar-refractivity contribution in [2.75, 3.05) is 11.9 Å². The van der Waals surface area contributed by atoms with E-state index >= 15 is 0 Å². The lowest BCUT2D eigenvalue weighted by molar-refractivity contribution is -0.118. The third-order valence-corrected chi connectivity index (χ3v) is 4.59. The second kappa shape index (κ2) is 9.65. The molecular formula is C24H22N4O4. The van der Waals surface area contributed by atoms with Gasteiger partial charge in [0.2, 0.25) is 5.91 Å². The molecule has 0 saturated heterocycles. The number of hydrogen-bond donors (Lipinski definition) is 2. The van der Waals surface area contributed by atoms with Gasteiger partial charge in [-0.25, -0.2) is 4.98 Å². The Labute approximate surface area is 184 Å². The molecule has 0 atom stereocenters. The fourth-order valence-electron chi connectivity index (χ4n) is 3.13. The van der Waals surface area contributed by atoms with E-state index in [1.807, 2.05) is 41.1 Å². The second-order valence-corrected chi connectivity index (χ2v) is 7.14. The zero-order valence-corrected chi connectivity index (χ0v) is 17.2. The lowest BCUT2D eigenvalue weighted by atomic mass is 10.1. The predicted molar refractivity (Wildman–Crippen MR) is 119 cm³/mol. The highest BCUT2D eigenvalue weighted by molar-refractivity contribution is 5.92. The Kier molecular flexibility index (Phi) is 6.31. The molecule has 2 aromatic carbocycles. The number of fused-ring (bicyclic) bond motifs is 1. The van der Waals surface area contributed by atoms with E-state index in [-0.39, 0.29) is 18.9 Å². The maximum atomic E-state index is 12.2. The summed E-state index contributed by atoms with van der Waals surface area (Å²) in [5, 5.41) is 2.78. The number of nitrogens with one attached hydrogen (secondary N) is 1. The van der Waals surface area contributed by atoms with Crippen LogP contribution >= 0.6 is 0 Å². The van der Waals surface area contributed by atoms with Gasteiger partial charge in [0, 0.05) is 24.1 Å². The summed E-state index contributed by atoms with van der Waals surface area (Å²) >= 11 is 0. The van der Waals surface area contributed by atoms with Crippen LogP contribution in [-0.4, -0.2) is 27.8 Å². The average Bonchev–Trinajstić information content (AvgIpc) is 3.20. The number of imidazole rings is 1. The molecule has 0 radical (unpaired) electrons. The molecule has 0 aliphatic carbocycles. The van der Waals surface area contributed by atoms with E-state index in [2.05, 4.69) is 10.3 Å². The number of benzene rings is 2. The predicted octanol–water partition coefficient (Wildman–Crippen LogP) is 2.96. The van der Waals surface area contributed by atoms with Gasteiger partial charge in [-0.05, 0) is 42.0 Å². The van der Waals surface area contributed by atoms with Gasteiger partial charge < -0.3 is 24.9 Å². The van der Waals surface area contributed by atoms with Crippen molar-refractivity contribution in [3.05, 3.63) is 90.4 Å². The molecule has 2 amide bonds. The van der Waals surface area contributed by atoms with Gasteiger partial charge in [0.25, 0.3) is 5.91 Å². The lowest BCUT2D eigenvalue weighted by Crippen LogP contribution is -2.20. The van der Waals surface area contributed by atoms with Gasteiger partial charge in [-0.15, -0.1) is 0 Å². The number of nitrogens with two attached hydrogens (primary N) is 1. The van der Waals surface area contributed by atoms with Crippen molar-refractivity contribution < 1.29 is 19.1 Å². The molecule has 0 aliphatic rings. The molecule has 0 aliphatic heterocycles. The number of amides is 2. The van der Waals surface area contributed by atoms with Gasteiger partial charge in [0.05, 0.1) is 12.1 Å². The Balaban J connectivity index is 1.28. The molecule has 4 rings (SSSR count). The van der Waals surface area contributed by atoms with Gasteiger partial charge >= 0.3 is 0 Å². The number of carbonyl (C=O) groups is 2. The normalized spacial score (nSPS) is 10.6. The molecule has 32 heavy (non-hydrogen) atoms. The largest absolute Gasteiger partial charge is 0.487 e. The van der Waals surface area contributed by atoms with Gasteiger partial charge in [0.1, 0.15) is 23.8 Å². The Morgan fingerprint density at radius 1 is 0.969 bits per heavy atom. The van der Waals surface area contributed by atoms with Gasteiger partial charge in [-0.3, -0.25) is 9.59 Å². The average molecular weight is 430 g/mol. The SMILES string of the molecule is NC(=O)Cc1ccc(OCC(=O)Nc2cccc(OCc3cn4ccccc4n3)c2)cc1. The number of rotatable bonds is 9. The van der Waals surface area contributed by atoms with E-state index in [9.17, 15) is 9.59 Å². The van der Waals surface area contributed by atoms with Crippen LogP contribution in [0, 0.1) is 0 Å². The van der Waals surface area contributed by atoms with Crippen LogP contribution < -0.4 is 20.5 Å². The Morgan fingerprint density at radius 2 is 1.81 bits per heavy atom. The van der Waals surface area contributed by atoms with E-state index in [4.69, 9.17) is 15.2 Å². The summed E-state index contributed by atoms with van der Waals surface area (Å²) < 4.78 is 13.2. The molecule has 4 aromatic rings. The van der Waals surface area contributed by atoms with Crippen molar-refractivity contribution in [1.82, 2.24) is 9.38 Å². The summed E-state index contributed by atoms with van der Waals surface area (Å²) in [6.07, 6.45) is 4.01. The Bertz CT molecular complexity index is 1200. The minimum absolute atomic E-state index is 0.151. The second-order valence-electron chi connectivity index (χ2n) is 7.14. The molecule has 0 spiro atoms. The molecule has 2 heterocycles. The summed E-state index contributed by atoms with van der Waals surface area (Å²) in [5.41, 5.74) is 8.22. The van der Waals surface area contributed by atoms with E-state index in [1.165, 1.54) is 0 Å². The Morgan fingerprint density at radius 3 is 2.59 bits per heavy atom. The molecule has 2 aromatic heterocycles.